The first kappa shape index (κ1) is 12.4. The molecule has 7 nitrogen and oxygen atoms in total. The summed E-state index contributed by atoms with van der Waals surface area (Å²) in [5, 5.41) is 22.1. The van der Waals surface area contributed by atoms with Gasteiger partial charge in [0.2, 0.25) is 5.95 Å². The van der Waals surface area contributed by atoms with Crippen LogP contribution in [0, 0.1) is 21.4 Å². The molecule has 0 unspecified atom stereocenters. The molecule has 0 atom stereocenters. The summed E-state index contributed by atoms with van der Waals surface area (Å²) in [5.41, 5.74) is 1.32. The van der Waals surface area contributed by atoms with Crippen molar-refractivity contribution < 1.29 is 4.92 Å². The van der Waals surface area contributed by atoms with Gasteiger partial charge < -0.3 is 5.32 Å². The molecular formula is C12H9N5O2. The highest BCUT2D eigenvalue weighted by Gasteiger charge is 2.06. The first-order valence-electron chi connectivity index (χ1n) is 5.38. The average Bonchev–Trinajstić information content (AvgIpc) is 2.46. The van der Waals surface area contributed by atoms with Crippen LogP contribution < -0.4 is 5.32 Å². The van der Waals surface area contributed by atoms with Crippen LogP contribution >= 0.6 is 0 Å². The number of nitro groups is 1. The van der Waals surface area contributed by atoms with Crippen molar-refractivity contribution in [2.45, 2.75) is 6.54 Å². The van der Waals surface area contributed by atoms with Crippen LogP contribution in [0.1, 0.15) is 11.1 Å². The Hall–Kier alpha value is -3.01. The summed E-state index contributed by atoms with van der Waals surface area (Å²) in [6, 6.07) is 9.16. The fraction of sp³-hybridized carbons (Fsp3) is 0.0833. The lowest BCUT2D eigenvalue weighted by atomic mass is 10.1. The van der Waals surface area contributed by atoms with Crippen molar-refractivity contribution in [3.05, 3.63) is 57.9 Å². The first-order chi connectivity index (χ1) is 9.19. The van der Waals surface area contributed by atoms with E-state index in [2.05, 4.69) is 21.4 Å². The number of nitriles is 1. The van der Waals surface area contributed by atoms with Gasteiger partial charge in [-0.2, -0.15) is 5.26 Å². The normalized spacial score (nSPS) is 9.63. The van der Waals surface area contributed by atoms with E-state index in [0.717, 1.165) is 18.0 Å². The van der Waals surface area contributed by atoms with E-state index in [0.29, 0.717) is 18.1 Å². The number of hydrogen-bond acceptors (Lipinski definition) is 6. The molecule has 0 saturated carbocycles. The molecule has 2 aromatic rings. The second-order valence-corrected chi connectivity index (χ2v) is 3.69. The molecule has 1 N–H and O–H groups in total. The quantitative estimate of drug-likeness (QED) is 0.660. The molecule has 0 radical (unpaired) electrons. The lowest BCUT2D eigenvalue weighted by Gasteiger charge is -2.04. The standard InChI is InChI=1S/C12H9N5O2/c13-5-9-2-1-3-10(4-9)6-14-12-15-7-11(8-16-12)17(18)19/h1-4,7-8H,6H2,(H,14,15,16). The van der Waals surface area contributed by atoms with Gasteiger partial charge in [0.25, 0.3) is 0 Å². The van der Waals surface area contributed by atoms with Crippen LogP contribution in [-0.4, -0.2) is 14.9 Å². The molecule has 0 aliphatic carbocycles. The molecule has 1 heterocycles. The predicted octanol–water partition coefficient (Wildman–Crippen LogP) is 1.87. The van der Waals surface area contributed by atoms with Gasteiger partial charge in [0.1, 0.15) is 12.4 Å². The molecule has 0 bridgehead atoms. The highest BCUT2D eigenvalue weighted by Crippen LogP contribution is 2.10. The fourth-order valence-electron chi connectivity index (χ4n) is 1.44. The molecule has 94 valence electrons. The topological polar surface area (TPSA) is 105 Å². The Balaban J connectivity index is 2.02. The lowest BCUT2D eigenvalue weighted by Crippen LogP contribution is -2.04. The maximum atomic E-state index is 10.4. The summed E-state index contributed by atoms with van der Waals surface area (Å²) < 4.78 is 0. The number of aromatic nitrogens is 2. The van der Waals surface area contributed by atoms with Gasteiger partial charge in [0, 0.05) is 6.54 Å². The molecule has 0 saturated heterocycles. The van der Waals surface area contributed by atoms with Gasteiger partial charge in [0.15, 0.2) is 0 Å². The Kier molecular flexibility index (Phi) is 3.64. The van der Waals surface area contributed by atoms with Crippen molar-refractivity contribution in [2.75, 3.05) is 5.32 Å². The van der Waals surface area contributed by atoms with Crippen molar-refractivity contribution in [1.29, 1.82) is 5.26 Å². The van der Waals surface area contributed by atoms with E-state index in [4.69, 9.17) is 5.26 Å². The minimum atomic E-state index is -0.555. The zero-order chi connectivity index (χ0) is 13.7. The zero-order valence-corrected chi connectivity index (χ0v) is 9.78. The molecule has 0 aliphatic heterocycles. The summed E-state index contributed by atoms with van der Waals surface area (Å²) in [5.74, 6) is 0.299. The van der Waals surface area contributed by atoms with Crippen LogP contribution in [-0.2, 0) is 6.54 Å². The highest BCUT2D eigenvalue weighted by atomic mass is 16.6. The monoisotopic (exact) mass is 255 g/mol. The molecule has 0 fully saturated rings. The number of hydrogen-bond donors (Lipinski definition) is 1. The minimum absolute atomic E-state index is 0.156. The fourth-order valence-corrected chi connectivity index (χ4v) is 1.44. The third-order valence-corrected chi connectivity index (χ3v) is 2.36. The second kappa shape index (κ2) is 5.55. The Labute approximate surface area is 108 Å². The van der Waals surface area contributed by atoms with Gasteiger partial charge in [-0.15, -0.1) is 0 Å². The molecule has 1 aromatic carbocycles. The molecule has 2 rings (SSSR count). The van der Waals surface area contributed by atoms with Crippen LogP contribution in [0.5, 0.6) is 0 Å². The molecule has 0 aliphatic rings. The van der Waals surface area contributed by atoms with E-state index >= 15 is 0 Å². The third kappa shape index (κ3) is 3.23. The molecule has 19 heavy (non-hydrogen) atoms. The van der Waals surface area contributed by atoms with Gasteiger partial charge >= 0.3 is 5.69 Å². The van der Waals surface area contributed by atoms with Crippen molar-refractivity contribution in [2.24, 2.45) is 0 Å². The number of anilines is 1. The zero-order valence-electron chi connectivity index (χ0n) is 9.78. The van der Waals surface area contributed by atoms with Crippen LogP contribution in [0.4, 0.5) is 11.6 Å². The molecule has 1 aromatic heterocycles. The van der Waals surface area contributed by atoms with Crippen molar-refractivity contribution in [3.63, 3.8) is 0 Å². The van der Waals surface area contributed by atoms with Crippen LogP contribution in [0.2, 0.25) is 0 Å². The smallest absolute Gasteiger partial charge is 0.305 e. The number of benzene rings is 1. The number of nitrogens with zero attached hydrogens (tertiary/aromatic N) is 4. The van der Waals surface area contributed by atoms with Crippen molar-refractivity contribution in [1.82, 2.24) is 9.97 Å². The molecule has 0 spiro atoms. The van der Waals surface area contributed by atoms with Gasteiger partial charge in [0.05, 0.1) is 16.6 Å². The largest absolute Gasteiger partial charge is 0.350 e. The average molecular weight is 255 g/mol. The Bertz CT molecular complexity index is 633. The SMILES string of the molecule is N#Cc1cccc(CNc2ncc([N+](=O)[O-])cn2)c1. The third-order valence-electron chi connectivity index (χ3n) is 2.36. The summed E-state index contributed by atoms with van der Waals surface area (Å²) in [6.45, 7) is 0.438. The van der Waals surface area contributed by atoms with Gasteiger partial charge in [-0.25, -0.2) is 9.97 Å². The summed E-state index contributed by atoms with van der Waals surface area (Å²) >= 11 is 0. The van der Waals surface area contributed by atoms with E-state index in [1.54, 1.807) is 18.2 Å². The maximum Gasteiger partial charge on any atom is 0.305 e. The van der Waals surface area contributed by atoms with E-state index in [9.17, 15) is 10.1 Å². The predicted molar refractivity (Wildman–Crippen MR) is 67.2 cm³/mol. The maximum absolute atomic E-state index is 10.4. The summed E-state index contributed by atoms with van der Waals surface area (Å²) in [4.78, 5) is 17.5. The van der Waals surface area contributed by atoms with E-state index in [1.807, 2.05) is 6.07 Å². The lowest BCUT2D eigenvalue weighted by molar-refractivity contribution is -0.385. The minimum Gasteiger partial charge on any atom is -0.350 e. The Morgan fingerprint density at radius 2 is 2.11 bits per heavy atom. The van der Waals surface area contributed by atoms with E-state index in [1.165, 1.54) is 0 Å². The van der Waals surface area contributed by atoms with Gasteiger partial charge in [-0.1, -0.05) is 12.1 Å². The molecule has 0 amide bonds. The van der Waals surface area contributed by atoms with Gasteiger partial charge in [-0.3, -0.25) is 10.1 Å². The molecular weight excluding hydrogens is 246 g/mol. The number of rotatable bonds is 4. The Morgan fingerprint density at radius 3 is 2.74 bits per heavy atom. The van der Waals surface area contributed by atoms with Crippen LogP contribution in [0.25, 0.3) is 0 Å². The van der Waals surface area contributed by atoms with E-state index in [-0.39, 0.29) is 5.69 Å². The first-order valence-corrected chi connectivity index (χ1v) is 5.38. The van der Waals surface area contributed by atoms with Crippen LogP contribution in [0.3, 0.4) is 0 Å². The highest BCUT2D eigenvalue weighted by molar-refractivity contribution is 5.36. The summed E-state index contributed by atoms with van der Waals surface area (Å²) in [6.07, 6.45) is 2.28. The number of nitrogens with one attached hydrogen (secondary N) is 1. The second-order valence-electron chi connectivity index (χ2n) is 3.69. The molecule has 7 heteroatoms. The van der Waals surface area contributed by atoms with Gasteiger partial charge in [-0.05, 0) is 17.7 Å². The van der Waals surface area contributed by atoms with E-state index < -0.39 is 4.92 Å². The van der Waals surface area contributed by atoms with Crippen LogP contribution in [0.15, 0.2) is 36.7 Å². The Morgan fingerprint density at radius 1 is 1.37 bits per heavy atom. The summed E-state index contributed by atoms with van der Waals surface area (Å²) in [7, 11) is 0. The van der Waals surface area contributed by atoms with Crippen molar-refractivity contribution >= 4 is 11.6 Å². The van der Waals surface area contributed by atoms with Crippen molar-refractivity contribution in [3.8, 4) is 6.07 Å².